The molecule has 1 unspecified atom stereocenters. The first-order chi connectivity index (χ1) is 29.4. The predicted octanol–water partition coefficient (Wildman–Crippen LogP) is 5.99. The number of anilines is 3. The van der Waals surface area contributed by atoms with Gasteiger partial charge in [-0.15, -0.1) is 0 Å². The third-order valence-electron chi connectivity index (χ3n) is 14.1. The average molecular weight is 849 g/mol. The van der Waals surface area contributed by atoms with Crippen LogP contribution in [0, 0.1) is 23.7 Å². The summed E-state index contributed by atoms with van der Waals surface area (Å²) in [4.78, 5) is 79.6. The van der Waals surface area contributed by atoms with Crippen LogP contribution in [0.3, 0.4) is 0 Å². The van der Waals surface area contributed by atoms with Crippen LogP contribution in [-0.4, -0.2) is 122 Å². The summed E-state index contributed by atoms with van der Waals surface area (Å²) >= 11 is 6.37. The molecule has 6 heterocycles. The zero-order valence-corrected chi connectivity index (χ0v) is 35.1. The minimum atomic E-state index is -0.990. The van der Waals surface area contributed by atoms with E-state index >= 15 is 4.39 Å². The number of piperidine rings is 3. The lowest BCUT2D eigenvalue weighted by Crippen LogP contribution is -2.54. The van der Waals surface area contributed by atoms with Gasteiger partial charge in [0.1, 0.15) is 11.9 Å². The number of hydrogen-bond acceptors (Lipinski definition) is 9. The Morgan fingerprint density at radius 2 is 1.51 bits per heavy atom. The molecule has 5 saturated heterocycles. The third kappa shape index (κ3) is 7.82. The number of nitrogens with zero attached hydrogens (tertiary/aromatic N) is 7. The van der Waals surface area contributed by atoms with Crippen LogP contribution in [-0.2, 0) is 9.59 Å². The van der Waals surface area contributed by atoms with Crippen LogP contribution in [0.2, 0.25) is 5.02 Å². The van der Waals surface area contributed by atoms with Crippen LogP contribution in [0.25, 0.3) is 4.85 Å². The van der Waals surface area contributed by atoms with E-state index in [1.165, 1.54) is 6.07 Å². The maximum atomic E-state index is 15.7. The summed E-state index contributed by atoms with van der Waals surface area (Å²) in [7, 11) is 0. The number of benzene rings is 3. The van der Waals surface area contributed by atoms with Crippen LogP contribution in [0.4, 0.5) is 27.1 Å². The summed E-state index contributed by atoms with van der Waals surface area (Å²) in [6.07, 6.45) is 5.15. The number of imide groups is 2. The maximum Gasteiger partial charge on any atom is 0.262 e. The highest BCUT2D eigenvalue weighted by Gasteiger charge is 2.46. The van der Waals surface area contributed by atoms with Crippen molar-refractivity contribution < 1.29 is 28.4 Å². The summed E-state index contributed by atoms with van der Waals surface area (Å²) in [5, 5.41) is 2.71. The number of amides is 5. The topological polar surface area (TPSA) is 121 Å². The Morgan fingerprint density at radius 3 is 2.20 bits per heavy atom. The monoisotopic (exact) mass is 848 g/mol. The molecule has 6 aliphatic heterocycles. The Kier molecular flexibility index (Phi) is 11.0. The highest BCUT2D eigenvalue weighted by atomic mass is 35.5. The number of carbonyl (C=O) groups is 5. The van der Waals surface area contributed by atoms with Crippen LogP contribution in [0.5, 0.6) is 0 Å². The first-order valence-corrected chi connectivity index (χ1v) is 21.9. The molecular formula is C46H50ClFN8O5. The number of piperazine rings is 1. The van der Waals surface area contributed by atoms with Crippen molar-refractivity contribution in [3.8, 4) is 0 Å². The Hall–Kier alpha value is -5.52. The molecule has 5 amide bonds. The van der Waals surface area contributed by atoms with Gasteiger partial charge >= 0.3 is 0 Å². The molecule has 3 aromatic rings. The molecule has 6 aliphatic rings. The van der Waals surface area contributed by atoms with Gasteiger partial charge in [-0.3, -0.25) is 39.1 Å². The number of hydrogen-bond donors (Lipinski definition) is 1. The van der Waals surface area contributed by atoms with E-state index in [9.17, 15) is 24.0 Å². The highest BCUT2D eigenvalue weighted by molar-refractivity contribution is 6.33. The number of nitrogens with one attached hydrogen (secondary N) is 1. The van der Waals surface area contributed by atoms with Gasteiger partial charge in [0, 0.05) is 100.0 Å². The van der Waals surface area contributed by atoms with E-state index < -0.39 is 35.5 Å². The molecule has 0 aliphatic carbocycles. The van der Waals surface area contributed by atoms with Crippen LogP contribution >= 0.6 is 11.6 Å². The Morgan fingerprint density at radius 1 is 0.836 bits per heavy atom. The first-order valence-electron chi connectivity index (χ1n) is 21.5. The van der Waals surface area contributed by atoms with Gasteiger partial charge in [-0.05, 0) is 105 Å². The fourth-order valence-electron chi connectivity index (χ4n) is 10.6. The largest absolute Gasteiger partial charge is 0.371 e. The Labute approximate surface area is 360 Å². The zero-order valence-electron chi connectivity index (χ0n) is 34.4. The number of rotatable bonds is 7. The zero-order chi connectivity index (χ0) is 42.6. The molecule has 318 valence electrons. The van der Waals surface area contributed by atoms with Crippen molar-refractivity contribution in [2.45, 2.75) is 64.0 Å². The normalized spacial score (nSPS) is 23.5. The van der Waals surface area contributed by atoms with Crippen molar-refractivity contribution in [2.24, 2.45) is 11.3 Å². The molecule has 2 atom stereocenters. The highest BCUT2D eigenvalue weighted by Crippen LogP contribution is 2.46. The second-order valence-electron chi connectivity index (χ2n) is 17.8. The second kappa shape index (κ2) is 16.4. The maximum absolute atomic E-state index is 15.7. The van der Waals surface area contributed by atoms with E-state index in [0.29, 0.717) is 35.8 Å². The minimum Gasteiger partial charge on any atom is -0.371 e. The van der Waals surface area contributed by atoms with Gasteiger partial charge in [-0.25, -0.2) is 9.24 Å². The molecule has 0 radical (unpaired) electrons. The summed E-state index contributed by atoms with van der Waals surface area (Å²) in [6.45, 7) is 17.1. The lowest BCUT2D eigenvalue weighted by atomic mass is 9.76. The van der Waals surface area contributed by atoms with E-state index in [0.717, 1.165) is 106 Å². The molecule has 61 heavy (non-hydrogen) atoms. The van der Waals surface area contributed by atoms with Gasteiger partial charge < -0.3 is 19.6 Å². The van der Waals surface area contributed by atoms with Gasteiger partial charge in [0.25, 0.3) is 17.7 Å². The van der Waals surface area contributed by atoms with E-state index in [2.05, 4.69) is 36.7 Å². The molecule has 1 spiro atoms. The van der Waals surface area contributed by atoms with E-state index in [1.807, 2.05) is 24.3 Å². The summed E-state index contributed by atoms with van der Waals surface area (Å²) in [5.41, 5.74) is 4.01. The van der Waals surface area contributed by atoms with Crippen molar-refractivity contribution in [2.75, 3.05) is 80.1 Å². The second-order valence-corrected chi connectivity index (χ2v) is 18.2. The number of fused-ring (bicyclic) bond motifs is 1. The van der Waals surface area contributed by atoms with E-state index in [-0.39, 0.29) is 40.9 Å². The number of halogens is 2. The van der Waals surface area contributed by atoms with Gasteiger partial charge in [-0.1, -0.05) is 17.7 Å². The SMILES string of the molecule is [C-]#[N+]c1ccc(N2CC3(CCN(c4ccc(C(=O)N5CCN(CC6CCN(c7ccc8c(c7)C(=O)N(C7CCC(=O)NC7=O)C8=O)CC6)CC5)c(F)c4)CC3)C[C@@H]2C)cc1Cl. The smallest absolute Gasteiger partial charge is 0.262 e. The lowest BCUT2D eigenvalue weighted by molar-refractivity contribution is -0.136. The quantitative estimate of drug-likeness (QED) is 0.226. The van der Waals surface area contributed by atoms with Gasteiger partial charge in [0.05, 0.1) is 23.3 Å². The third-order valence-corrected chi connectivity index (χ3v) is 14.4. The van der Waals surface area contributed by atoms with E-state index in [1.54, 1.807) is 29.2 Å². The molecular weight excluding hydrogens is 799 g/mol. The predicted molar refractivity (Wildman–Crippen MR) is 230 cm³/mol. The van der Waals surface area contributed by atoms with Crippen molar-refractivity contribution in [1.82, 2.24) is 20.0 Å². The standard InChI is InChI=1S/C46H50ClFN8O5/c1-29-26-46(28-55(29)33-5-8-39(49-2)37(47)24-33)13-17-53(18-14-46)32-4-7-35(38(48)25-32)43(59)54-21-19-51(20-22-54)27-30-11-15-52(16-12-30)31-3-6-34-36(23-31)45(61)56(44(34)60)40-9-10-41(57)50-42(40)58/h3-8,23-25,29-30,40H,9-22,26-28H2,1H3,(H,50,57,58)/t29-,40?/m0/s1. The van der Waals surface area contributed by atoms with E-state index in [4.69, 9.17) is 18.2 Å². The van der Waals surface area contributed by atoms with Crippen LogP contribution < -0.4 is 20.0 Å². The fourth-order valence-corrected chi connectivity index (χ4v) is 10.8. The Balaban J connectivity index is 0.730. The van der Waals surface area contributed by atoms with Crippen molar-refractivity contribution in [3.05, 3.63) is 93.5 Å². The molecule has 15 heteroatoms. The molecule has 0 aromatic heterocycles. The average Bonchev–Trinajstić information content (AvgIpc) is 3.71. The van der Waals surface area contributed by atoms with Crippen molar-refractivity contribution in [1.29, 1.82) is 0 Å². The molecule has 5 fully saturated rings. The molecule has 13 nitrogen and oxygen atoms in total. The number of carbonyl (C=O) groups excluding carboxylic acids is 5. The fraction of sp³-hybridized carbons (Fsp3) is 0.478. The van der Waals surface area contributed by atoms with Crippen molar-refractivity contribution >= 4 is 63.9 Å². The summed E-state index contributed by atoms with van der Waals surface area (Å²) < 4.78 is 15.7. The first kappa shape index (κ1) is 40.9. The minimum absolute atomic E-state index is 0.0787. The molecule has 1 N–H and O–H groups in total. The van der Waals surface area contributed by atoms with Crippen LogP contribution in [0.15, 0.2) is 54.6 Å². The van der Waals surface area contributed by atoms with Gasteiger partial charge in [-0.2, -0.15) is 0 Å². The van der Waals surface area contributed by atoms with Gasteiger partial charge in [0.15, 0.2) is 0 Å². The molecule has 0 saturated carbocycles. The Bertz CT molecular complexity index is 2330. The van der Waals surface area contributed by atoms with Crippen molar-refractivity contribution in [3.63, 3.8) is 0 Å². The molecule has 0 bridgehead atoms. The van der Waals surface area contributed by atoms with Crippen LogP contribution in [0.1, 0.15) is 82.9 Å². The lowest BCUT2D eigenvalue weighted by Gasteiger charge is -2.40. The molecule has 9 rings (SSSR count). The summed E-state index contributed by atoms with van der Waals surface area (Å²) in [6, 6.07) is 15.4. The molecule has 3 aromatic carbocycles. The summed E-state index contributed by atoms with van der Waals surface area (Å²) in [5.74, 6) is -2.32. The van der Waals surface area contributed by atoms with Gasteiger partial charge in [0.2, 0.25) is 17.5 Å².